The standard InChI is InChI=1S/C16H24N2O/c1-19-16-6-8-18(9-7-16)12-15-10-13-4-2-3-5-14(13)11-17-15/h2-5,15-17H,6-12H2,1H3. The minimum Gasteiger partial charge on any atom is -0.381 e. The van der Waals surface area contributed by atoms with E-state index in [2.05, 4.69) is 34.5 Å². The van der Waals surface area contributed by atoms with Crippen molar-refractivity contribution in [2.24, 2.45) is 0 Å². The lowest BCUT2D eigenvalue weighted by Gasteiger charge is -2.35. The van der Waals surface area contributed by atoms with Crippen LogP contribution in [0, 0.1) is 0 Å². The molecule has 1 saturated heterocycles. The normalized spacial score (nSPS) is 25.2. The molecule has 0 bridgehead atoms. The van der Waals surface area contributed by atoms with Crippen LogP contribution in [0.1, 0.15) is 24.0 Å². The maximum absolute atomic E-state index is 5.43. The fourth-order valence-electron chi connectivity index (χ4n) is 3.29. The molecule has 0 aromatic heterocycles. The van der Waals surface area contributed by atoms with Gasteiger partial charge < -0.3 is 15.0 Å². The Labute approximate surface area is 115 Å². The lowest BCUT2D eigenvalue weighted by molar-refractivity contribution is 0.0381. The molecule has 0 saturated carbocycles. The Hall–Kier alpha value is -0.900. The highest BCUT2D eigenvalue weighted by Gasteiger charge is 2.23. The van der Waals surface area contributed by atoms with Crippen LogP contribution < -0.4 is 5.32 Å². The molecule has 0 radical (unpaired) electrons. The summed E-state index contributed by atoms with van der Waals surface area (Å²) in [6.07, 6.45) is 4.01. The van der Waals surface area contributed by atoms with Gasteiger partial charge >= 0.3 is 0 Å². The first-order valence-electron chi connectivity index (χ1n) is 7.40. The monoisotopic (exact) mass is 260 g/mol. The average molecular weight is 260 g/mol. The predicted molar refractivity (Wildman–Crippen MR) is 77.2 cm³/mol. The fourth-order valence-corrected chi connectivity index (χ4v) is 3.29. The van der Waals surface area contributed by atoms with Crippen molar-refractivity contribution >= 4 is 0 Å². The molecule has 0 spiro atoms. The predicted octanol–water partition coefficient (Wildman–Crippen LogP) is 1.81. The van der Waals surface area contributed by atoms with E-state index in [0.29, 0.717) is 12.1 Å². The lowest BCUT2D eigenvalue weighted by atomic mass is 9.95. The maximum Gasteiger partial charge on any atom is 0.0595 e. The van der Waals surface area contributed by atoms with Crippen LogP contribution in [0.25, 0.3) is 0 Å². The van der Waals surface area contributed by atoms with Gasteiger partial charge in [0.15, 0.2) is 0 Å². The van der Waals surface area contributed by atoms with Crippen molar-refractivity contribution in [2.75, 3.05) is 26.7 Å². The second-order valence-electron chi connectivity index (χ2n) is 5.79. The second-order valence-corrected chi connectivity index (χ2v) is 5.79. The summed E-state index contributed by atoms with van der Waals surface area (Å²) in [5.74, 6) is 0. The number of benzene rings is 1. The van der Waals surface area contributed by atoms with Crippen molar-refractivity contribution in [1.82, 2.24) is 10.2 Å². The van der Waals surface area contributed by atoms with Gasteiger partial charge in [0, 0.05) is 39.3 Å². The van der Waals surface area contributed by atoms with Gasteiger partial charge in [-0.1, -0.05) is 24.3 Å². The number of hydrogen-bond acceptors (Lipinski definition) is 3. The molecule has 1 unspecified atom stereocenters. The van der Waals surface area contributed by atoms with Crippen LogP contribution >= 0.6 is 0 Å². The summed E-state index contributed by atoms with van der Waals surface area (Å²) in [6, 6.07) is 9.42. The van der Waals surface area contributed by atoms with Gasteiger partial charge in [-0.2, -0.15) is 0 Å². The number of fused-ring (bicyclic) bond motifs is 1. The number of nitrogens with one attached hydrogen (secondary N) is 1. The summed E-state index contributed by atoms with van der Waals surface area (Å²) >= 11 is 0. The number of nitrogens with zero attached hydrogens (tertiary/aromatic N) is 1. The first-order valence-corrected chi connectivity index (χ1v) is 7.40. The highest BCUT2D eigenvalue weighted by atomic mass is 16.5. The van der Waals surface area contributed by atoms with Crippen LogP contribution in [0.5, 0.6) is 0 Å². The van der Waals surface area contributed by atoms with Gasteiger partial charge in [-0.25, -0.2) is 0 Å². The van der Waals surface area contributed by atoms with Gasteiger partial charge in [0.1, 0.15) is 0 Å². The molecule has 1 atom stereocenters. The lowest BCUT2D eigenvalue weighted by Crippen LogP contribution is -2.47. The van der Waals surface area contributed by atoms with Gasteiger partial charge in [-0.3, -0.25) is 0 Å². The van der Waals surface area contributed by atoms with E-state index >= 15 is 0 Å². The van der Waals surface area contributed by atoms with E-state index in [-0.39, 0.29) is 0 Å². The van der Waals surface area contributed by atoms with Crippen molar-refractivity contribution in [2.45, 2.75) is 38.0 Å². The molecule has 3 rings (SSSR count). The highest BCUT2D eigenvalue weighted by Crippen LogP contribution is 2.18. The molecule has 1 fully saturated rings. The summed E-state index contributed by atoms with van der Waals surface area (Å²) < 4.78 is 5.43. The molecule has 104 valence electrons. The van der Waals surface area contributed by atoms with E-state index < -0.39 is 0 Å². The van der Waals surface area contributed by atoms with Gasteiger partial charge in [0.05, 0.1) is 6.10 Å². The zero-order valence-electron chi connectivity index (χ0n) is 11.8. The third-order valence-corrected chi connectivity index (χ3v) is 4.51. The smallest absolute Gasteiger partial charge is 0.0595 e. The third-order valence-electron chi connectivity index (χ3n) is 4.51. The molecule has 3 heteroatoms. The molecule has 0 aliphatic carbocycles. The van der Waals surface area contributed by atoms with Crippen LogP contribution in [-0.2, 0) is 17.7 Å². The average Bonchev–Trinajstić information content (AvgIpc) is 2.48. The Morgan fingerprint density at radius 1 is 1.21 bits per heavy atom. The summed E-state index contributed by atoms with van der Waals surface area (Å²) in [7, 11) is 1.83. The van der Waals surface area contributed by atoms with Crippen molar-refractivity contribution in [1.29, 1.82) is 0 Å². The maximum atomic E-state index is 5.43. The number of hydrogen-bond donors (Lipinski definition) is 1. The van der Waals surface area contributed by atoms with Crippen LogP contribution in [0.15, 0.2) is 24.3 Å². The quantitative estimate of drug-likeness (QED) is 0.897. The van der Waals surface area contributed by atoms with E-state index in [9.17, 15) is 0 Å². The first kappa shape index (κ1) is 13.1. The first-order chi connectivity index (χ1) is 9.35. The number of rotatable bonds is 3. The molecular formula is C16H24N2O. The van der Waals surface area contributed by atoms with E-state index in [4.69, 9.17) is 4.74 Å². The van der Waals surface area contributed by atoms with Gasteiger partial charge in [0.25, 0.3) is 0 Å². The molecule has 2 aliphatic rings. The Kier molecular flexibility index (Phi) is 4.16. The van der Waals surface area contributed by atoms with Crippen LogP contribution in [0.3, 0.4) is 0 Å². The molecule has 3 nitrogen and oxygen atoms in total. The Morgan fingerprint density at radius 2 is 1.95 bits per heavy atom. The Bertz CT molecular complexity index is 413. The summed E-state index contributed by atoms with van der Waals surface area (Å²) in [6.45, 7) is 4.55. The minimum atomic E-state index is 0.483. The molecule has 19 heavy (non-hydrogen) atoms. The van der Waals surface area contributed by atoms with Crippen LogP contribution in [0.2, 0.25) is 0 Å². The number of ether oxygens (including phenoxy) is 1. The van der Waals surface area contributed by atoms with Crippen LogP contribution in [-0.4, -0.2) is 43.8 Å². The Balaban J connectivity index is 1.52. The van der Waals surface area contributed by atoms with Crippen molar-refractivity contribution in [3.8, 4) is 0 Å². The second kappa shape index (κ2) is 6.04. The van der Waals surface area contributed by atoms with Crippen molar-refractivity contribution < 1.29 is 4.74 Å². The topological polar surface area (TPSA) is 24.5 Å². The number of methoxy groups -OCH3 is 1. The summed E-state index contributed by atoms with van der Waals surface area (Å²) in [5, 5.41) is 3.67. The minimum absolute atomic E-state index is 0.483. The largest absolute Gasteiger partial charge is 0.381 e. The van der Waals surface area contributed by atoms with Crippen LogP contribution in [0.4, 0.5) is 0 Å². The zero-order chi connectivity index (χ0) is 13.1. The Morgan fingerprint density at radius 3 is 2.68 bits per heavy atom. The van der Waals surface area contributed by atoms with Gasteiger partial charge in [-0.15, -0.1) is 0 Å². The molecular weight excluding hydrogens is 236 g/mol. The molecule has 1 aromatic carbocycles. The van der Waals surface area contributed by atoms with E-state index in [1.54, 1.807) is 0 Å². The molecule has 2 heterocycles. The van der Waals surface area contributed by atoms with Crippen molar-refractivity contribution in [3.05, 3.63) is 35.4 Å². The van der Waals surface area contributed by atoms with E-state index in [1.807, 2.05) is 7.11 Å². The third kappa shape index (κ3) is 3.16. The van der Waals surface area contributed by atoms with E-state index in [0.717, 1.165) is 6.54 Å². The van der Waals surface area contributed by atoms with Gasteiger partial charge in [0.2, 0.25) is 0 Å². The summed E-state index contributed by atoms with van der Waals surface area (Å²) in [4.78, 5) is 2.58. The number of piperidine rings is 1. The highest BCUT2D eigenvalue weighted by molar-refractivity contribution is 5.29. The molecule has 2 aliphatic heterocycles. The molecule has 1 N–H and O–H groups in total. The molecule has 1 aromatic rings. The SMILES string of the molecule is COC1CCN(CC2Cc3ccccc3CN2)CC1. The molecule has 0 amide bonds. The van der Waals surface area contributed by atoms with Crippen molar-refractivity contribution in [3.63, 3.8) is 0 Å². The van der Waals surface area contributed by atoms with E-state index in [1.165, 1.54) is 50.0 Å². The summed E-state index contributed by atoms with van der Waals surface area (Å²) in [5.41, 5.74) is 3.00. The zero-order valence-corrected chi connectivity index (χ0v) is 11.8. The fraction of sp³-hybridized carbons (Fsp3) is 0.625. The number of likely N-dealkylation sites (tertiary alicyclic amines) is 1. The van der Waals surface area contributed by atoms with Gasteiger partial charge in [-0.05, 0) is 30.4 Å².